The molecule has 426 valence electrons. The van der Waals surface area contributed by atoms with Gasteiger partial charge in [-0.05, 0) is 118 Å². The van der Waals surface area contributed by atoms with E-state index in [-0.39, 0.29) is 42.0 Å². The van der Waals surface area contributed by atoms with Gasteiger partial charge in [0.15, 0.2) is 0 Å². The summed E-state index contributed by atoms with van der Waals surface area (Å²) in [5, 5.41) is 17.7. The maximum atomic E-state index is 14.9. The summed E-state index contributed by atoms with van der Waals surface area (Å²) in [4.78, 5) is 87.2. The molecule has 6 amide bonds. The Labute approximate surface area is 460 Å². The Morgan fingerprint density at radius 1 is 0.564 bits per heavy atom. The summed E-state index contributed by atoms with van der Waals surface area (Å²) < 4.78 is 61.7. The second-order valence-electron chi connectivity index (χ2n) is 23.3. The first-order chi connectivity index (χ1) is 36.7. The standard InChI is InChI=1S/C56H80N10O10S2/c1-35(57-9)49(67)61-47(55(3,4)5)53(71)65-29-27-63(33-45(65)51(69)59-40-26-25-37-17-11-12-19-39(37)31-40)77(73,74)41-21-16-22-42(32-41)78(75,76)64-28-30-66(54(72)48(56(6,7)8)62-50(68)36(2)58-10)46(34-64)52(70)60-44-24-15-20-38-18-13-14-23-43(38)44/h11-14,16-19,21-23,32,35-36,40,44-48,57-58H,15,20,24-31,33-34H2,1-10H3,(H,59,69)(H,60,70)(H,61,67)(H,62,68)/t35-,36-,40+,44+,45-,46-,47+,48+/m0/s1. The molecule has 6 N–H and O–H groups in total. The summed E-state index contributed by atoms with van der Waals surface area (Å²) in [6.45, 7) is 12.1. The predicted molar refractivity (Wildman–Crippen MR) is 295 cm³/mol. The second-order valence-corrected chi connectivity index (χ2v) is 27.2. The molecule has 22 heteroatoms. The van der Waals surface area contributed by atoms with Crippen molar-refractivity contribution in [2.45, 2.75) is 152 Å². The SMILES string of the molecule is CN[C@@H](C)C(=O)N[C@H](C(=O)N1CCN(S(=O)(=O)c2cccc(S(=O)(=O)N3CCN(C(=O)[C@@H](NC(=O)[C@H](C)NC)C(C)(C)C)[C@H](C(=O)N[C@@H]4CCCc5ccccc54)C3)c2)C[C@H]1C(=O)N[C@@H]1CCc2ccccc2C1)C(C)(C)C. The normalized spacial score (nSPS) is 22.1. The van der Waals surface area contributed by atoms with Gasteiger partial charge < -0.3 is 41.7 Å². The van der Waals surface area contributed by atoms with Crippen molar-refractivity contribution < 1.29 is 45.6 Å². The van der Waals surface area contributed by atoms with Crippen LogP contribution in [0.4, 0.5) is 0 Å². The fraction of sp³-hybridized carbons (Fsp3) is 0.571. The maximum absolute atomic E-state index is 14.9. The number of nitrogens with one attached hydrogen (secondary N) is 6. The smallest absolute Gasteiger partial charge is 0.246 e. The molecule has 0 aromatic heterocycles. The molecule has 0 saturated carbocycles. The largest absolute Gasteiger partial charge is 0.351 e. The van der Waals surface area contributed by atoms with Crippen molar-refractivity contribution in [3.63, 3.8) is 0 Å². The number of sulfonamides is 2. The van der Waals surface area contributed by atoms with E-state index in [9.17, 15) is 45.6 Å². The van der Waals surface area contributed by atoms with Gasteiger partial charge in [-0.3, -0.25) is 28.8 Å². The average molecular weight is 1120 g/mol. The summed E-state index contributed by atoms with van der Waals surface area (Å²) in [6, 6.07) is 13.7. The van der Waals surface area contributed by atoms with Crippen LogP contribution < -0.4 is 31.9 Å². The molecule has 2 heterocycles. The van der Waals surface area contributed by atoms with E-state index in [0.717, 1.165) is 44.2 Å². The minimum Gasteiger partial charge on any atom is -0.351 e. The van der Waals surface area contributed by atoms with Gasteiger partial charge in [0.2, 0.25) is 55.5 Å². The summed E-state index contributed by atoms with van der Waals surface area (Å²) in [6.07, 6.45) is 4.10. The van der Waals surface area contributed by atoms with E-state index < -0.39 is 122 Å². The van der Waals surface area contributed by atoms with E-state index in [1.165, 1.54) is 33.6 Å². The van der Waals surface area contributed by atoms with Crippen LogP contribution in [0.1, 0.15) is 103 Å². The van der Waals surface area contributed by atoms with Gasteiger partial charge >= 0.3 is 0 Å². The monoisotopic (exact) mass is 1120 g/mol. The molecular weight excluding hydrogens is 1040 g/mol. The molecule has 0 unspecified atom stereocenters. The van der Waals surface area contributed by atoms with E-state index in [2.05, 4.69) is 31.9 Å². The van der Waals surface area contributed by atoms with Gasteiger partial charge in [-0.25, -0.2) is 16.8 Å². The molecular formula is C56H80N10O10S2. The summed E-state index contributed by atoms with van der Waals surface area (Å²) in [7, 11) is -5.92. The van der Waals surface area contributed by atoms with Gasteiger partial charge in [-0.15, -0.1) is 0 Å². The van der Waals surface area contributed by atoms with E-state index in [4.69, 9.17) is 0 Å². The summed E-state index contributed by atoms with van der Waals surface area (Å²) in [5.41, 5.74) is 2.61. The van der Waals surface area contributed by atoms with Crippen LogP contribution in [0.3, 0.4) is 0 Å². The van der Waals surface area contributed by atoms with Gasteiger partial charge in [0.1, 0.15) is 24.2 Å². The topological polar surface area (TPSA) is 256 Å². The number of rotatable bonds is 16. The number of carbonyl (C=O) groups is 6. The highest BCUT2D eigenvalue weighted by Gasteiger charge is 2.48. The van der Waals surface area contributed by atoms with Crippen molar-refractivity contribution in [1.82, 2.24) is 50.3 Å². The molecule has 0 bridgehead atoms. The lowest BCUT2D eigenvalue weighted by Gasteiger charge is -2.44. The molecule has 78 heavy (non-hydrogen) atoms. The van der Waals surface area contributed by atoms with Gasteiger partial charge in [0.25, 0.3) is 0 Å². The fourth-order valence-corrected chi connectivity index (χ4v) is 13.8. The lowest BCUT2D eigenvalue weighted by molar-refractivity contribution is -0.148. The molecule has 7 rings (SSSR count). The van der Waals surface area contributed by atoms with Crippen LogP contribution in [0.2, 0.25) is 0 Å². The highest BCUT2D eigenvalue weighted by molar-refractivity contribution is 7.90. The Morgan fingerprint density at radius 2 is 1.03 bits per heavy atom. The van der Waals surface area contributed by atoms with Gasteiger partial charge in [-0.2, -0.15) is 8.61 Å². The van der Waals surface area contributed by atoms with Crippen molar-refractivity contribution >= 4 is 55.5 Å². The number of carbonyl (C=O) groups excluding carboxylic acids is 6. The number of piperazine rings is 2. The second kappa shape index (κ2) is 24.3. The zero-order chi connectivity index (χ0) is 57.1. The summed E-state index contributed by atoms with van der Waals surface area (Å²) in [5.74, 6) is -3.14. The number of hydrogen-bond donors (Lipinski definition) is 6. The average Bonchev–Trinajstić information content (AvgIpc) is 3.61. The Bertz CT molecular complexity index is 2960. The maximum Gasteiger partial charge on any atom is 0.246 e. The number of likely N-dealkylation sites (N-methyl/N-ethyl adjacent to an activating group) is 2. The molecule has 8 atom stereocenters. The van der Waals surface area contributed by atoms with E-state index in [1.807, 2.05) is 48.5 Å². The zero-order valence-corrected chi connectivity index (χ0v) is 48.4. The molecule has 2 aliphatic carbocycles. The van der Waals surface area contributed by atoms with Crippen LogP contribution in [-0.4, -0.2) is 166 Å². The van der Waals surface area contributed by atoms with Crippen LogP contribution >= 0.6 is 0 Å². The molecule has 0 spiro atoms. The van der Waals surface area contributed by atoms with Crippen LogP contribution in [0.5, 0.6) is 0 Å². The van der Waals surface area contributed by atoms with Crippen molar-refractivity contribution in [3.05, 3.63) is 95.1 Å². The Balaban J connectivity index is 1.17. The van der Waals surface area contributed by atoms with Crippen LogP contribution in [0.15, 0.2) is 82.6 Å². The molecule has 0 radical (unpaired) electrons. The molecule has 2 fully saturated rings. The number of nitrogens with zero attached hydrogens (tertiary/aromatic N) is 4. The van der Waals surface area contributed by atoms with Crippen LogP contribution in [0.25, 0.3) is 0 Å². The van der Waals surface area contributed by atoms with Crippen molar-refractivity contribution in [3.8, 4) is 0 Å². The molecule has 20 nitrogen and oxygen atoms in total. The van der Waals surface area contributed by atoms with Crippen molar-refractivity contribution in [2.75, 3.05) is 53.4 Å². The number of fused-ring (bicyclic) bond motifs is 2. The quantitative estimate of drug-likeness (QED) is 0.121. The Hall–Kier alpha value is -5.78. The third kappa shape index (κ3) is 13.3. The highest BCUT2D eigenvalue weighted by Crippen LogP contribution is 2.33. The molecule has 2 saturated heterocycles. The first-order valence-electron chi connectivity index (χ1n) is 27.1. The van der Waals surface area contributed by atoms with Crippen LogP contribution in [-0.2, 0) is 68.1 Å². The number of aryl methyl sites for hydroxylation is 2. The van der Waals surface area contributed by atoms with Crippen molar-refractivity contribution in [1.29, 1.82) is 0 Å². The van der Waals surface area contributed by atoms with Crippen molar-refractivity contribution in [2.24, 2.45) is 10.8 Å². The molecule has 3 aromatic carbocycles. The molecule has 4 aliphatic rings. The molecule has 2 aliphatic heterocycles. The van der Waals surface area contributed by atoms with Gasteiger partial charge in [0, 0.05) is 45.3 Å². The third-order valence-corrected chi connectivity index (χ3v) is 19.5. The first kappa shape index (κ1) is 59.9. The number of amides is 6. The van der Waals surface area contributed by atoms with E-state index in [0.29, 0.717) is 25.7 Å². The third-order valence-electron chi connectivity index (χ3n) is 15.8. The minimum atomic E-state index is -4.58. The predicted octanol–water partition coefficient (Wildman–Crippen LogP) is 2.23. The lowest BCUT2D eigenvalue weighted by atomic mass is 9.85. The summed E-state index contributed by atoms with van der Waals surface area (Å²) >= 11 is 0. The van der Waals surface area contributed by atoms with E-state index >= 15 is 0 Å². The zero-order valence-electron chi connectivity index (χ0n) is 46.7. The fourth-order valence-electron chi connectivity index (χ4n) is 10.7. The Kier molecular flexibility index (Phi) is 18.7. The number of hydrogen-bond acceptors (Lipinski definition) is 12. The first-order valence-corrected chi connectivity index (χ1v) is 30.0. The minimum absolute atomic E-state index is 0.223. The van der Waals surface area contributed by atoms with Crippen LogP contribution in [0, 0.1) is 10.8 Å². The Morgan fingerprint density at radius 3 is 1.51 bits per heavy atom. The lowest BCUT2D eigenvalue weighted by Crippen LogP contribution is -2.66. The number of benzene rings is 3. The van der Waals surface area contributed by atoms with Gasteiger partial charge in [0.05, 0.1) is 27.9 Å². The van der Waals surface area contributed by atoms with Gasteiger partial charge in [-0.1, -0.05) is 96.1 Å². The highest BCUT2D eigenvalue weighted by atomic mass is 32.2. The molecule has 3 aromatic rings. The van der Waals surface area contributed by atoms with E-state index in [1.54, 1.807) is 69.5 Å².